The summed E-state index contributed by atoms with van der Waals surface area (Å²) in [4.78, 5) is 8.01. The number of nitrogens with one attached hydrogen (secondary N) is 2. The van der Waals surface area contributed by atoms with E-state index >= 15 is 0 Å². The maximum absolute atomic E-state index is 6.84. The Hall–Kier alpha value is -1.45. The lowest BCUT2D eigenvalue weighted by Gasteiger charge is -2.03. The van der Waals surface area contributed by atoms with Crippen LogP contribution in [0.4, 0.5) is 0 Å². The lowest BCUT2D eigenvalue weighted by molar-refractivity contribution is 1.24. The number of amidine groups is 1. The molecule has 12 heavy (non-hydrogen) atoms. The molecule has 0 unspecified atom stereocenters. The third kappa shape index (κ3) is 3.09. The number of hydrogen-bond donors (Lipinski definition) is 2. The third-order valence-electron chi connectivity index (χ3n) is 1.22. The molecular formula is C8H14N4. The Labute approximate surface area is 72.6 Å². The van der Waals surface area contributed by atoms with Crippen LogP contribution in [0.5, 0.6) is 0 Å². The molecule has 2 N–H and O–H groups in total. The molecule has 66 valence electrons. The van der Waals surface area contributed by atoms with E-state index in [1.807, 2.05) is 19.9 Å². The Balaban J connectivity index is 4.58. The van der Waals surface area contributed by atoms with Crippen LogP contribution >= 0.6 is 0 Å². The fourth-order valence-corrected chi connectivity index (χ4v) is 0.733. The SMILES string of the molecule is CC=N/C(=C/C)C(=NC)NC=N. The first-order valence-electron chi connectivity index (χ1n) is 3.67. The second kappa shape index (κ2) is 6.27. The van der Waals surface area contributed by atoms with Gasteiger partial charge in [0.05, 0.1) is 6.34 Å². The van der Waals surface area contributed by atoms with E-state index in [9.17, 15) is 0 Å². The summed E-state index contributed by atoms with van der Waals surface area (Å²) < 4.78 is 0. The van der Waals surface area contributed by atoms with Crippen molar-refractivity contribution in [2.75, 3.05) is 7.05 Å². The van der Waals surface area contributed by atoms with Crippen molar-refractivity contribution in [3.63, 3.8) is 0 Å². The number of rotatable bonds is 3. The van der Waals surface area contributed by atoms with Gasteiger partial charge in [-0.25, -0.2) is 0 Å². The molecule has 0 atom stereocenters. The van der Waals surface area contributed by atoms with Gasteiger partial charge in [-0.1, -0.05) is 6.08 Å². The molecule has 0 aliphatic carbocycles. The third-order valence-corrected chi connectivity index (χ3v) is 1.22. The van der Waals surface area contributed by atoms with Crippen LogP contribution in [0.2, 0.25) is 0 Å². The van der Waals surface area contributed by atoms with E-state index in [-0.39, 0.29) is 0 Å². The molecule has 4 heteroatoms. The molecule has 0 aromatic heterocycles. The highest BCUT2D eigenvalue weighted by molar-refractivity contribution is 6.04. The smallest absolute Gasteiger partial charge is 0.151 e. The summed E-state index contributed by atoms with van der Waals surface area (Å²) >= 11 is 0. The monoisotopic (exact) mass is 166 g/mol. The standard InChI is InChI=1S/C8H14N4/c1-4-7(11-5-2)8(10-3)12-6-9/h4-6H,1-3H3,(H2,9,10,12)/b7-4+,11-5?. The maximum Gasteiger partial charge on any atom is 0.151 e. The fourth-order valence-electron chi connectivity index (χ4n) is 0.733. The molecule has 0 fully saturated rings. The van der Waals surface area contributed by atoms with Crippen LogP contribution < -0.4 is 5.32 Å². The molecule has 0 aliphatic rings. The van der Waals surface area contributed by atoms with Crippen LogP contribution in [-0.2, 0) is 0 Å². The fraction of sp³-hybridized carbons (Fsp3) is 0.375. The van der Waals surface area contributed by atoms with Gasteiger partial charge in [-0.15, -0.1) is 0 Å². The lowest BCUT2D eigenvalue weighted by Crippen LogP contribution is -2.22. The highest BCUT2D eigenvalue weighted by Gasteiger charge is 1.99. The van der Waals surface area contributed by atoms with Gasteiger partial charge in [0.1, 0.15) is 5.70 Å². The van der Waals surface area contributed by atoms with Crippen LogP contribution in [0.1, 0.15) is 13.8 Å². The Morgan fingerprint density at radius 3 is 2.42 bits per heavy atom. The minimum Gasteiger partial charge on any atom is -0.330 e. The number of allylic oxidation sites excluding steroid dienone is 1. The largest absolute Gasteiger partial charge is 0.330 e. The zero-order chi connectivity index (χ0) is 9.40. The number of aliphatic imine (C=N–C) groups is 2. The molecule has 0 aliphatic heterocycles. The van der Waals surface area contributed by atoms with Crippen molar-refractivity contribution in [2.24, 2.45) is 9.98 Å². The van der Waals surface area contributed by atoms with Gasteiger partial charge < -0.3 is 5.32 Å². The molecule has 0 saturated heterocycles. The predicted molar refractivity (Wildman–Crippen MR) is 53.2 cm³/mol. The van der Waals surface area contributed by atoms with Crippen molar-refractivity contribution in [2.45, 2.75) is 13.8 Å². The zero-order valence-corrected chi connectivity index (χ0v) is 7.63. The molecule has 0 spiro atoms. The molecule has 0 amide bonds. The van der Waals surface area contributed by atoms with Crippen LogP contribution in [-0.4, -0.2) is 25.4 Å². The molecule has 0 radical (unpaired) electrons. The predicted octanol–water partition coefficient (Wildman–Crippen LogP) is 1.21. The Bertz CT molecular complexity index is 225. The summed E-state index contributed by atoms with van der Waals surface area (Å²) in [7, 11) is 1.65. The van der Waals surface area contributed by atoms with Crippen molar-refractivity contribution in [1.82, 2.24) is 5.32 Å². The summed E-state index contributed by atoms with van der Waals surface area (Å²) in [6, 6.07) is 0. The van der Waals surface area contributed by atoms with Gasteiger partial charge in [0, 0.05) is 13.3 Å². The molecular weight excluding hydrogens is 152 g/mol. The molecule has 0 aromatic carbocycles. The highest BCUT2D eigenvalue weighted by Crippen LogP contribution is 1.96. The summed E-state index contributed by atoms with van der Waals surface area (Å²) in [5, 5.41) is 9.52. The van der Waals surface area contributed by atoms with Crippen molar-refractivity contribution in [1.29, 1.82) is 5.41 Å². The topological polar surface area (TPSA) is 60.6 Å². The van der Waals surface area contributed by atoms with Crippen molar-refractivity contribution in [3.05, 3.63) is 11.8 Å². The van der Waals surface area contributed by atoms with Gasteiger partial charge in [-0.3, -0.25) is 15.4 Å². The van der Waals surface area contributed by atoms with Gasteiger partial charge in [-0.2, -0.15) is 0 Å². The average Bonchev–Trinajstić information content (AvgIpc) is 2.11. The summed E-state index contributed by atoms with van der Waals surface area (Å²) in [5.41, 5.74) is 0.739. The van der Waals surface area contributed by atoms with Gasteiger partial charge in [0.25, 0.3) is 0 Å². The first-order chi connectivity index (χ1) is 5.79. The van der Waals surface area contributed by atoms with Crippen molar-refractivity contribution < 1.29 is 0 Å². The summed E-state index contributed by atoms with van der Waals surface area (Å²) in [6.07, 6.45) is 4.60. The van der Waals surface area contributed by atoms with Crippen LogP contribution in [0.3, 0.4) is 0 Å². The minimum absolute atomic E-state index is 0.602. The van der Waals surface area contributed by atoms with Crippen molar-refractivity contribution >= 4 is 18.4 Å². The molecule has 0 rings (SSSR count). The molecule has 0 saturated carbocycles. The highest BCUT2D eigenvalue weighted by atomic mass is 15.0. The molecule has 4 nitrogen and oxygen atoms in total. The normalized spacial score (nSPS) is 13.6. The van der Waals surface area contributed by atoms with Crippen LogP contribution in [0, 0.1) is 5.41 Å². The van der Waals surface area contributed by atoms with E-state index < -0.39 is 0 Å². The Morgan fingerprint density at radius 2 is 2.08 bits per heavy atom. The van der Waals surface area contributed by atoms with Crippen LogP contribution in [0.15, 0.2) is 21.8 Å². The lowest BCUT2D eigenvalue weighted by atomic mass is 10.4. The van der Waals surface area contributed by atoms with Gasteiger partial charge >= 0.3 is 0 Å². The summed E-state index contributed by atoms with van der Waals surface area (Å²) in [5.74, 6) is 0.602. The van der Waals surface area contributed by atoms with Gasteiger partial charge in [0.15, 0.2) is 5.84 Å². The average molecular weight is 166 g/mol. The quantitative estimate of drug-likeness (QED) is 0.480. The van der Waals surface area contributed by atoms with Crippen molar-refractivity contribution in [3.8, 4) is 0 Å². The number of hydrogen-bond acceptors (Lipinski definition) is 3. The maximum atomic E-state index is 6.84. The first kappa shape index (κ1) is 10.6. The van der Waals surface area contributed by atoms with Gasteiger partial charge in [-0.05, 0) is 13.8 Å². The summed E-state index contributed by atoms with van der Waals surface area (Å²) in [6.45, 7) is 3.71. The Morgan fingerprint density at radius 1 is 1.42 bits per heavy atom. The van der Waals surface area contributed by atoms with E-state index in [4.69, 9.17) is 5.41 Å². The Kier molecular flexibility index (Phi) is 5.51. The van der Waals surface area contributed by atoms with Crippen LogP contribution in [0.25, 0.3) is 0 Å². The van der Waals surface area contributed by atoms with E-state index in [0.29, 0.717) is 5.84 Å². The second-order valence-electron chi connectivity index (χ2n) is 1.92. The number of nitrogens with zero attached hydrogens (tertiary/aromatic N) is 2. The van der Waals surface area contributed by atoms with Gasteiger partial charge in [0.2, 0.25) is 0 Å². The molecule has 0 bridgehead atoms. The van der Waals surface area contributed by atoms with E-state index in [1.54, 1.807) is 13.3 Å². The minimum atomic E-state index is 0.602. The van der Waals surface area contributed by atoms with E-state index in [2.05, 4.69) is 15.3 Å². The van der Waals surface area contributed by atoms with E-state index in [0.717, 1.165) is 12.0 Å². The molecule has 0 heterocycles. The first-order valence-corrected chi connectivity index (χ1v) is 3.67. The zero-order valence-electron chi connectivity index (χ0n) is 7.63. The van der Waals surface area contributed by atoms with E-state index in [1.165, 1.54) is 0 Å². The molecule has 0 aromatic rings. The second-order valence-corrected chi connectivity index (χ2v) is 1.92.